The predicted octanol–water partition coefficient (Wildman–Crippen LogP) is 6.89. The zero-order valence-electron chi connectivity index (χ0n) is 19.3. The number of benzene rings is 2. The molecule has 3 nitrogen and oxygen atoms in total. The van der Waals surface area contributed by atoms with Gasteiger partial charge in [0.15, 0.2) is 0 Å². The van der Waals surface area contributed by atoms with Gasteiger partial charge >= 0.3 is 25.2 Å². The molecule has 1 aliphatic heterocycles. The average molecular weight is 476 g/mol. The van der Waals surface area contributed by atoms with E-state index in [1.165, 1.54) is 27.9 Å². The molecule has 0 aromatic heterocycles. The second-order valence-electron chi connectivity index (χ2n) is 9.38. The maximum atomic E-state index is 4.20. The number of para-hydroxylation sites is 1. The van der Waals surface area contributed by atoms with Gasteiger partial charge < -0.3 is 10.0 Å². The summed E-state index contributed by atoms with van der Waals surface area (Å²) < 4.78 is 0. The minimum atomic E-state index is 0.158. The van der Waals surface area contributed by atoms with Crippen molar-refractivity contribution in [3.8, 4) is 0 Å². The van der Waals surface area contributed by atoms with E-state index in [-0.39, 0.29) is 5.41 Å². The molecular formula is C25H34ClCuN3. The molecule has 0 saturated heterocycles. The molecule has 5 heteroatoms. The fraction of sp³-hybridized carbons (Fsp3) is 0.440. The molecule has 3 rings (SSSR count). The Bertz CT molecular complexity index is 841. The van der Waals surface area contributed by atoms with E-state index in [0.717, 1.165) is 5.70 Å². The molecule has 30 heavy (non-hydrogen) atoms. The van der Waals surface area contributed by atoms with Gasteiger partial charge in [-0.05, 0) is 34.2 Å². The van der Waals surface area contributed by atoms with Gasteiger partial charge in [0.1, 0.15) is 0 Å². The van der Waals surface area contributed by atoms with Gasteiger partial charge in [-0.3, -0.25) is 0 Å². The van der Waals surface area contributed by atoms with E-state index in [0.29, 0.717) is 11.8 Å². The molecule has 0 fully saturated rings. The molecule has 1 N–H and O–H groups in total. The molecule has 167 valence electrons. The summed E-state index contributed by atoms with van der Waals surface area (Å²) in [5.41, 5.74) is 11.1. The van der Waals surface area contributed by atoms with Crippen LogP contribution in [0, 0.1) is 6.20 Å². The van der Waals surface area contributed by atoms with Crippen molar-refractivity contribution in [2.45, 2.75) is 65.7 Å². The van der Waals surface area contributed by atoms with Crippen LogP contribution in [0.15, 0.2) is 42.5 Å². The number of anilines is 1. The Labute approximate surface area is 195 Å². The number of nitrogens with zero attached hydrogens (tertiary/aromatic N) is 2. The first-order valence-electron chi connectivity index (χ1n) is 10.4. The summed E-state index contributed by atoms with van der Waals surface area (Å²) in [5.74, 6) is 0.885. The normalized spacial score (nSPS) is 14.2. The fourth-order valence-corrected chi connectivity index (χ4v) is 3.67. The van der Waals surface area contributed by atoms with Crippen molar-refractivity contribution >= 4 is 21.5 Å². The molecule has 0 aliphatic carbocycles. The fourth-order valence-electron chi connectivity index (χ4n) is 3.67. The Hall–Kier alpha value is -1.45. The van der Waals surface area contributed by atoms with Crippen LogP contribution in [-0.4, -0.2) is 12.1 Å². The number of halogens is 1. The van der Waals surface area contributed by atoms with Crippen LogP contribution in [0.1, 0.15) is 82.6 Å². The first-order chi connectivity index (χ1) is 14.1. The van der Waals surface area contributed by atoms with Crippen LogP contribution >= 0.6 is 10.1 Å². The molecule has 0 radical (unpaired) electrons. The summed E-state index contributed by atoms with van der Waals surface area (Å²) in [6.45, 7) is 15.7. The zero-order chi connectivity index (χ0) is 22.6. The van der Waals surface area contributed by atoms with Gasteiger partial charge in [0.25, 0.3) is 0 Å². The minimum absolute atomic E-state index is 0.158. The van der Waals surface area contributed by atoms with Crippen LogP contribution in [0.4, 0.5) is 5.69 Å². The van der Waals surface area contributed by atoms with Crippen LogP contribution in [0.3, 0.4) is 0 Å². The van der Waals surface area contributed by atoms with E-state index in [1.54, 1.807) is 0 Å². The van der Waals surface area contributed by atoms with Gasteiger partial charge in [0.2, 0.25) is 0 Å². The van der Waals surface area contributed by atoms with E-state index in [4.69, 9.17) is 0 Å². The van der Waals surface area contributed by atoms with E-state index < -0.39 is 0 Å². The van der Waals surface area contributed by atoms with Crippen LogP contribution in [0.5, 0.6) is 0 Å². The molecule has 0 unspecified atom stereocenters. The topological polar surface area (TPSA) is 18.5 Å². The Kier molecular flexibility index (Phi) is 8.47. The van der Waals surface area contributed by atoms with Crippen molar-refractivity contribution in [3.05, 3.63) is 70.9 Å². The standard InChI is InChI=1S/C25H34N3.ClH.Cu/c1-17(2)21-10-9-11-22(18(3)4)24(21)28-16-23(27(8)26-28)19-12-14-20(15-13-19)25(5,6)7;;/h9-15,17-18,26H,1-8H3;1H;/q-1;;+2/p-1. The first-order valence-corrected chi connectivity index (χ1v) is 11.7. The quantitative estimate of drug-likeness (QED) is 0.384. The first kappa shape index (κ1) is 24.8. The van der Waals surface area contributed by atoms with Gasteiger partial charge in [-0.15, -0.1) is 12.1 Å². The van der Waals surface area contributed by atoms with Gasteiger partial charge in [0, 0.05) is 7.05 Å². The molecule has 0 bridgehead atoms. The van der Waals surface area contributed by atoms with Crippen molar-refractivity contribution in [2.75, 3.05) is 12.1 Å². The number of hydrogen-bond donors (Lipinski definition) is 1. The van der Waals surface area contributed by atoms with Crippen LogP contribution in [0.2, 0.25) is 0 Å². The van der Waals surface area contributed by atoms with E-state index >= 15 is 0 Å². The molecule has 0 atom stereocenters. The third-order valence-electron chi connectivity index (χ3n) is 5.39. The molecule has 1 heterocycles. The van der Waals surface area contributed by atoms with Crippen LogP contribution < -0.4 is 10.5 Å². The van der Waals surface area contributed by atoms with E-state index in [9.17, 15) is 0 Å². The second-order valence-corrected chi connectivity index (χ2v) is 9.38. The van der Waals surface area contributed by atoms with Crippen molar-refractivity contribution < 1.29 is 15.1 Å². The third kappa shape index (κ3) is 5.42. The Morgan fingerprint density at radius 1 is 0.900 bits per heavy atom. The second kappa shape index (κ2) is 10.2. The maximum absolute atomic E-state index is 4.20. The monoisotopic (exact) mass is 474 g/mol. The Morgan fingerprint density at radius 2 is 1.40 bits per heavy atom. The van der Waals surface area contributed by atoms with Gasteiger partial charge in [-0.1, -0.05) is 102 Å². The zero-order valence-corrected chi connectivity index (χ0v) is 21.0. The van der Waals surface area contributed by atoms with Crippen LogP contribution in [0.25, 0.3) is 5.70 Å². The number of nitrogens with one attached hydrogen (secondary N) is 1. The van der Waals surface area contributed by atoms with Gasteiger partial charge in [-0.25, -0.2) is 0 Å². The van der Waals surface area contributed by atoms with Crippen molar-refractivity contribution in [3.63, 3.8) is 0 Å². The SMILES string of the molecule is CC(C)c1cccc(C(C)C)c1N1[C-]=C(c2ccc(C(C)(C)C)cc2)N(C)N1.[Cl][Cu+]. The molecule has 0 saturated carbocycles. The summed E-state index contributed by atoms with van der Waals surface area (Å²) in [5, 5.41) is 4.12. The van der Waals surface area contributed by atoms with Crippen LogP contribution in [-0.2, 0) is 20.5 Å². The predicted molar refractivity (Wildman–Crippen MR) is 126 cm³/mol. The summed E-state index contributed by atoms with van der Waals surface area (Å²) in [7, 11) is 6.25. The molecule has 0 amide bonds. The summed E-state index contributed by atoms with van der Waals surface area (Å²) in [6, 6.07) is 15.5. The molecule has 2 aromatic carbocycles. The van der Waals surface area contributed by atoms with E-state index in [1.807, 2.05) is 12.1 Å². The van der Waals surface area contributed by atoms with Crippen molar-refractivity contribution in [1.82, 2.24) is 10.5 Å². The Morgan fingerprint density at radius 3 is 1.83 bits per heavy atom. The number of hydrogen-bond acceptors (Lipinski definition) is 3. The summed E-state index contributed by atoms with van der Waals surface area (Å²) in [6.07, 6.45) is 3.59. The molecule has 2 aromatic rings. The number of rotatable bonds is 4. The molecule has 1 aliphatic rings. The summed E-state index contributed by atoms with van der Waals surface area (Å²) >= 11 is 3.66. The van der Waals surface area contributed by atoms with Gasteiger partial charge in [0.05, 0.1) is 0 Å². The Balaban J connectivity index is 0.00000155. The summed E-state index contributed by atoms with van der Waals surface area (Å²) in [4.78, 5) is 0. The van der Waals surface area contributed by atoms with Crippen molar-refractivity contribution in [1.29, 1.82) is 0 Å². The van der Waals surface area contributed by atoms with Gasteiger partial charge in [-0.2, -0.15) is 5.53 Å². The molecule has 0 spiro atoms. The average Bonchev–Trinajstić information content (AvgIpc) is 3.09. The number of hydrazine groups is 2. The molecular weight excluding hydrogens is 441 g/mol. The third-order valence-corrected chi connectivity index (χ3v) is 5.39. The van der Waals surface area contributed by atoms with Crippen molar-refractivity contribution in [2.24, 2.45) is 0 Å². The van der Waals surface area contributed by atoms with E-state index in [2.05, 4.69) is 133 Å².